The first-order chi connectivity index (χ1) is 9.70. The topological polar surface area (TPSA) is 67.4 Å². The van der Waals surface area contributed by atoms with Gasteiger partial charge in [0.1, 0.15) is 11.6 Å². The molecular formula is C15H18N2O3. The van der Waals surface area contributed by atoms with E-state index in [9.17, 15) is 9.59 Å². The van der Waals surface area contributed by atoms with Crippen molar-refractivity contribution in [3.63, 3.8) is 0 Å². The predicted molar refractivity (Wildman–Crippen MR) is 73.0 cm³/mol. The predicted octanol–water partition coefficient (Wildman–Crippen LogP) is 0.393. The van der Waals surface area contributed by atoms with E-state index in [0.717, 1.165) is 5.56 Å². The molecule has 5 nitrogen and oxygen atoms in total. The van der Waals surface area contributed by atoms with Crippen LogP contribution in [-0.4, -0.2) is 36.6 Å². The van der Waals surface area contributed by atoms with Gasteiger partial charge in [-0.25, -0.2) is 0 Å². The molecule has 0 saturated carbocycles. The van der Waals surface area contributed by atoms with E-state index in [2.05, 4.69) is 10.6 Å². The molecule has 0 unspecified atom stereocenters. The molecule has 0 aliphatic carbocycles. The Kier molecular flexibility index (Phi) is 3.44. The lowest BCUT2D eigenvalue weighted by atomic mass is 9.85. The van der Waals surface area contributed by atoms with Crippen LogP contribution in [0.15, 0.2) is 30.3 Å². The fraction of sp³-hybridized carbons (Fsp3) is 0.467. The molecule has 0 radical (unpaired) electrons. The van der Waals surface area contributed by atoms with Crippen molar-refractivity contribution in [1.82, 2.24) is 10.6 Å². The van der Waals surface area contributed by atoms with E-state index in [4.69, 9.17) is 4.74 Å². The quantitative estimate of drug-likeness (QED) is 0.820. The third-order valence-electron chi connectivity index (χ3n) is 4.05. The van der Waals surface area contributed by atoms with Gasteiger partial charge in [-0.3, -0.25) is 9.59 Å². The van der Waals surface area contributed by atoms with E-state index in [1.807, 2.05) is 30.3 Å². The van der Waals surface area contributed by atoms with Gasteiger partial charge in [0.15, 0.2) is 0 Å². The Hall–Kier alpha value is -1.88. The second-order valence-electron chi connectivity index (χ2n) is 5.40. The molecule has 1 aromatic rings. The second kappa shape index (κ2) is 5.25. The van der Waals surface area contributed by atoms with Crippen LogP contribution in [0.25, 0.3) is 0 Å². The number of amides is 2. The normalized spacial score (nSPS) is 25.1. The Labute approximate surface area is 117 Å². The van der Waals surface area contributed by atoms with E-state index in [1.165, 1.54) is 0 Å². The third kappa shape index (κ3) is 2.41. The van der Waals surface area contributed by atoms with E-state index in [1.54, 1.807) is 0 Å². The smallest absolute Gasteiger partial charge is 0.246 e. The molecule has 1 spiro atoms. The summed E-state index contributed by atoms with van der Waals surface area (Å²) in [5.74, 6) is -0.184. The number of carbonyl (C=O) groups excluding carboxylic acids is 2. The Bertz CT molecular complexity index is 509. The number of hydrogen-bond donors (Lipinski definition) is 2. The lowest BCUT2D eigenvalue weighted by Gasteiger charge is -2.42. The Morgan fingerprint density at radius 2 is 1.85 bits per heavy atom. The van der Waals surface area contributed by atoms with E-state index >= 15 is 0 Å². The second-order valence-corrected chi connectivity index (χ2v) is 5.40. The Morgan fingerprint density at radius 3 is 2.55 bits per heavy atom. The van der Waals surface area contributed by atoms with Crippen molar-refractivity contribution in [3.8, 4) is 0 Å². The highest BCUT2D eigenvalue weighted by atomic mass is 16.5. The average molecular weight is 274 g/mol. The molecule has 2 heterocycles. The molecule has 1 aromatic carbocycles. The highest BCUT2D eigenvalue weighted by molar-refractivity contribution is 6.00. The van der Waals surface area contributed by atoms with E-state index in [-0.39, 0.29) is 11.8 Å². The molecule has 5 heteroatoms. The molecule has 20 heavy (non-hydrogen) atoms. The Balaban J connectivity index is 1.71. The highest BCUT2D eigenvalue weighted by Gasteiger charge is 2.47. The van der Waals surface area contributed by atoms with Gasteiger partial charge in [0.25, 0.3) is 0 Å². The minimum absolute atomic E-state index is 0.0821. The van der Waals surface area contributed by atoms with Crippen molar-refractivity contribution in [3.05, 3.63) is 35.9 Å². The summed E-state index contributed by atoms with van der Waals surface area (Å²) in [4.78, 5) is 24.6. The van der Waals surface area contributed by atoms with Crippen molar-refractivity contribution in [2.45, 2.75) is 30.8 Å². The van der Waals surface area contributed by atoms with Gasteiger partial charge in [0, 0.05) is 32.5 Å². The van der Waals surface area contributed by atoms with Gasteiger partial charge in [-0.1, -0.05) is 30.3 Å². The largest absolute Gasteiger partial charge is 0.381 e. The zero-order chi connectivity index (χ0) is 14.0. The molecule has 2 aliphatic rings. The molecular weight excluding hydrogens is 256 g/mol. The van der Waals surface area contributed by atoms with Crippen LogP contribution in [0.2, 0.25) is 0 Å². The number of carbonyl (C=O) groups is 2. The van der Waals surface area contributed by atoms with Gasteiger partial charge in [0.05, 0.1) is 0 Å². The summed E-state index contributed by atoms with van der Waals surface area (Å²) in [6.45, 7) is 1.02. The van der Waals surface area contributed by atoms with Gasteiger partial charge in [-0.15, -0.1) is 0 Å². The van der Waals surface area contributed by atoms with E-state index < -0.39 is 11.6 Å². The minimum atomic E-state index is -0.761. The van der Waals surface area contributed by atoms with Gasteiger partial charge in [-0.05, 0) is 5.56 Å². The standard InChI is InChI=1S/C15H18N2O3/c18-13-12(10-11-4-2-1-3-5-11)16-14(19)15(17-13)6-8-20-9-7-15/h1-5,12H,6-10H2,(H,16,19)(H,17,18)/t12-/m1/s1. The van der Waals surface area contributed by atoms with Crippen molar-refractivity contribution >= 4 is 11.8 Å². The number of rotatable bonds is 2. The number of hydrogen-bond acceptors (Lipinski definition) is 3. The highest BCUT2D eigenvalue weighted by Crippen LogP contribution is 2.24. The van der Waals surface area contributed by atoms with Crippen molar-refractivity contribution in [2.24, 2.45) is 0 Å². The molecule has 2 amide bonds. The summed E-state index contributed by atoms with van der Waals surface area (Å²) >= 11 is 0. The lowest BCUT2D eigenvalue weighted by Crippen LogP contribution is -2.71. The van der Waals surface area contributed by atoms with Gasteiger partial charge in [0.2, 0.25) is 11.8 Å². The third-order valence-corrected chi connectivity index (χ3v) is 4.05. The summed E-state index contributed by atoms with van der Waals surface area (Å²) < 4.78 is 5.27. The fourth-order valence-corrected chi connectivity index (χ4v) is 2.81. The first-order valence-electron chi connectivity index (χ1n) is 6.94. The van der Waals surface area contributed by atoms with Crippen LogP contribution < -0.4 is 10.6 Å². The molecule has 1 atom stereocenters. The molecule has 0 aromatic heterocycles. The van der Waals surface area contributed by atoms with Crippen LogP contribution in [0.3, 0.4) is 0 Å². The van der Waals surface area contributed by atoms with Crippen molar-refractivity contribution < 1.29 is 14.3 Å². The summed E-state index contributed by atoms with van der Waals surface area (Å²) in [6, 6.07) is 9.21. The maximum Gasteiger partial charge on any atom is 0.246 e. The first-order valence-corrected chi connectivity index (χ1v) is 6.94. The van der Waals surface area contributed by atoms with Crippen LogP contribution in [0.5, 0.6) is 0 Å². The maximum absolute atomic E-state index is 12.3. The number of benzene rings is 1. The van der Waals surface area contributed by atoms with Crippen LogP contribution >= 0.6 is 0 Å². The van der Waals surface area contributed by atoms with Gasteiger partial charge >= 0.3 is 0 Å². The summed E-state index contributed by atoms with van der Waals surface area (Å²) in [5, 5.41) is 5.79. The minimum Gasteiger partial charge on any atom is -0.381 e. The number of piperazine rings is 1. The molecule has 106 valence electrons. The molecule has 2 N–H and O–H groups in total. The van der Waals surface area contributed by atoms with Crippen LogP contribution in [0.4, 0.5) is 0 Å². The zero-order valence-electron chi connectivity index (χ0n) is 11.2. The fourth-order valence-electron chi connectivity index (χ4n) is 2.81. The zero-order valence-corrected chi connectivity index (χ0v) is 11.2. The SMILES string of the molecule is O=C1NC2(CCOCC2)C(=O)N[C@@H]1Cc1ccccc1. The van der Waals surface area contributed by atoms with Gasteiger partial charge < -0.3 is 15.4 Å². The Morgan fingerprint density at radius 1 is 1.15 bits per heavy atom. The van der Waals surface area contributed by atoms with Crippen LogP contribution in [0, 0.1) is 0 Å². The number of nitrogens with one attached hydrogen (secondary N) is 2. The summed E-state index contributed by atoms with van der Waals surface area (Å²) in [7, 11) is 0. The average Bonchev–Trinajstić information content (AvgIpc) is 2.47. The summed E-state index contributed by atoms with van der Waals surface area (Å²) in [5.41, 5.74) is 0.276. The lowest BCUT2D eigenvalue weighted by molar-refractivity contribution is -0.145. The van der Waals surface area contributed by atoms with Crippen LogP contribution in [-0.2, 0) is 20.7 Å². The van der Waals surface area contributed by atoms with Crippen LogP contribution in [0.1, 0.15) is 18.4 Å². The summed E-state index contributed by atoms with van der Waals surface area (Å²) in [6.07, 6.45) is 1.61. The molecule has 2 saturated heterocycles. The molecule has 0 bridgehead atoms. The first kappa shape index (κ1) is 13.1. The van der Waals surface area contributed by atoms with Gasteiger partial charge in [-0.2, -0.15) is 0 Å². The van der Waals surface area contributed by atoms with E-state index in [0.29, 0.717) is 32.5 Å². The maximum atomic E-state index is 12.3. The molecule has 2 aliphatic heterocycles. The molecule has 2 fully saturated rings. The number of ether oxygens (including phenoxy) is 1. The monoisotopic (exact) mass is 274 g/mol. The van der Waals surface area contributed by atoms with Crippen molar-refractivity contribution in [2.75, 3.05) is 13.2 Å². The molecule has 3 rings (SSSR count). The van der Waals surface area contributed by atoms with Crippen molar-refractivity contribution in [1.29, 1.82) is 0 Å².